The third-order valence-electron chi connectivity index (χ3n) is 13.2. The van der Waals surface area contributed by atoms with Crippen molar-refractivity contribution in [2.75, 3.05) is 54.5 Å². The molecule has 4 atom stereocenters. The molecule has 0 bridgehead atoms. The predicted octanol–water partition coefficient (Wildman–Crippen LogP) is 5.71. The van der Waals surface area contributed by atoms with Crippen LogP contribution >= 0.6 is 0 Å². The summed E-state index contributed by atoms with van der Waals surface area (Å²) >= 11 is 0. The summed E-state index contributed by atoms with van der Waals surface area (Å²) in [7, 11) is 7.24. The molecule has 2 aromatic carbocycles. The second kappa shape index (κ2) is 22.2. The molecular weight excluding hydrogens is 911 g/mol. The maximum absolute atomic E-state index is 14.6. The molecule has 4 aromatic heterocycles. The molecule has 71 heavy (non-hydrogen) atoms. The zero-order chi connectivity index (χ0) is 50.5. The van der Waals surface area contributed by atoms with Gasteiger partial charge in [0.25, 0.3) is 0 Å². The second-order valence-electron chi connectivity index (χ2n) is 19.3. The molecule has 8 heterocycles. The molecule has 0 saturated carbocycles. The number of carbonyl (C=O) groups is 2. The number of halogens is 2. The van der Waals surface area contributed by atoms with Crippen molar-refractivity contribution in [3.8, 4) is 11.5 Å². The van der Waals surface area contributed by atoms with Gasteiger partial charge in [-0.2, -0.15) is 0 Å². The quantitative estimate of drug-likeness (QED) is 0.152. The summed E-state index contributed by atoms with van der Waals surface area (Å²) in [5.74, 6) is 2.17. The number of nitrogens with one attached hydrogen (secondary N) is 1. The number of carboxylic acid groups (broad SMARTS) is 1. The van der Waals surface area contributed by atoms with E-state index < -0.39 is 5.97 Å². The van der Waals surface area contributed by atoms with Gasteiger partial charge in [-0.15, -0.1) is 20.4 Å². The van der Waals surface area contributed by atoms with Crippen LogP contribution in [0.2, 0.25) is 0 Å². The van der Waals surface area contributed by atoms with E-state index in [0.717, 1.165) is 87.1 Å². The Morgan fingerprint density at radius 3 is 1.68 bits per heavy atom. The first kappa shape index (κ1) is 50.7. The fourth-order valence-corrected chi connectivity index (χ4v) is 10.2. The lowest BCUT2D eigenvalue weighted by Gasteiger charge is -2.38. The van der Waals surface area contributed by atoms with Crippen LogP contribution in [0.4, 0.5) is 8.78 Å². The molecule has 2 N–H and O–H groups in total. The molecule has 376 valence electrons. The lowest BCUT2D eigenvalue weighted by atomic mass is 9.92. The highest BCUT2D eigenvalue weighted by molar-refractivity contribution is 5.83. The van der Waals surface area contributed by atoms with Crippen LogP contribution in [0.15, 0.2) is 61.5 Å². The number of amides is 1. The smallest absolute Gasteiger partial charge is 0.317 e. The summed E-state index contributed by atoms with van der Waals surface area (Å²) < 4.78 is 44.1. The van der Waals surface area contributed by atoms with Gasteiger partial charge in [0.2, 0.25) is 5.91 Å². The maximum atomic E-state index is 14.6. The van der Waals surface area contributed by atoms with Crippen LogP contribution in [0.3, 0.4) is 0 Å². The van der Waals surface area contributed by atoms with E-state index in [0.29, 0.717) is 69.5 Å². The third kappa shape index (κ3) is 11.6. The molecule has 0 fully saturated rings. The van der Waals surface area contributed by atoms with Gasteiger partial charge in [-0.05, 0) is 128 Å². The third-order valence-corrected chi connectivity index (χ3v) is 13.2. The number of aliphatic carboxylic acids is 1. The lowest BCUT2D eigenvalue weighted by Crippen LogP contribution is -2.49. The summed E-state index contributed by atoms with van der Waals surface area (Å²) in [6, 6.07) is 7.15. The molecule has 4 aliphatic heterocycles. The molecule has 4 aliphatic rings. The summed E-state index contributed by atoms with van der Waals surface area (Å²) in [5, 5.41) is 28.6. The Morgan fingerprint density at radius 1 is 0.718 bits per heavy atom. The van der Waals surface area contributed by atoms with Crippen molar-refractivity contribution in [2.45, 2.75) is 103 Å². The van der Waals surface area contributed by atoms with Gasteiger partial charge in [0.1, 0.15) is 47.4 Å². The van der Waals surface area contributed by atoms with E-state index in [2.05, 4.69) is 58.6 Å². The zero-order valence-electron chi connectivity index (χ0n) is 41.8. The molecule has 6 aromatic rings. The van der Waals surface area contributed by atoms with Crippen LogP contribution in [0, 0.1) is 11.6 Å². The minimum absolute atomic E-state index is 0.0331. The summed E-state index contributed by atoms with van der Waals surface area (Å²) in [6.45, 7) is 10.2. The molecule has 19 heteroatoms. The number of ether oxygens (including phenoxy) is 2. The predicted molar refractivity (Wildman–Crippen MR) is 265 cm³/mol. The van der Waals surface area contributed by atoms with Gasteiger partial charge >= 0.3 is 5.97 Å². The highest BCUT2D eigenvalue weighted by Crippen LogP contribution is 2.35. The summed E-state index contributed by atoms with van der Waals surface area (Å²) in [4.78, 5) is 37.4. The van der Waals surface area contributed by atoms with Gasteiger partial charge in [0, 0.05) is 84.5 Å². The van der Waals surface area contributed by atoms with Crippen LogP contribution in [0.1, 0.15) is 85.6 Å². The number of nitrogens with zero attached hydrogens (tertiary/aromatic N) is 11. The van der Waals surface area contributed by atoms with Crippen LogP contribution in [0.5, 0.6) is 11.5 Å². The molecule has 0 radical (unpaired) electrons. The summed E-state index contributed by atoms with van der Waals surface area (Å²) in [5.41, 5.74) is 9.22. The Morgan fingerprint density at radius 2 is 1.23 bits per heavy atom. The average molecular weight is 975 g/mol. The lowest BCUT2D eigenvalue weighted by molar-refractivity contribution is -0.138. The van der Waals surface area contributed by atoms with Crippen molar-refractivity contribution in [3.05, 3.63) is 118 Å². The van der Waals surface area contributed by atoms with Gasteiger partial charge in [0.15, 0.2) is 11.3 Å². The number of carboxylic acids is 1. The van der Waals surface area contributed by atoms with Crippen LogP contribution in [0.25, 0.3) is 22.4 Å². The second-order valence-corrected chi connectivity index (χ2v) is 19.3. The maximum Gasteiger partial charge on any atom is 0.317 e. The van der Waals surface area contributed by atoms with E-state index in [1.54, 1.807) is 43.8 Å². The SMILES string of the molecule is CC1C=C(c2cnc(CCc3c(F)ccc4c3CCO4)n3cnnc23)CC(C)N1.CC1C=C(c2cnc(CCc3c(F)ccc4c3CCO4)n3cnnc23)CC(C)N1C(=O)CN(C)C.CN(C)CC(=O)O. The number of benzene rings is 2. The number of aryl methyl sites for hydroxylation is 2. The number of carbonyl (C=O) groups excluding carboxylic acids is 1. The number of rotatable bonds is 12. The van der Waals surface area contributed by atoms with E-state index in [1.165, 1.54) is 17.7 Å². The van der Waals surface area contributed by atoms with Crippen molar-refractivity contribution >= 4 is 34.3 Å². The van der Waals surface area contributed by atoms with Gasteiger partial charge in [-0.25, -0.2) is 18.7 Å². The Labute approximate surface area is 412 Å². The standard InChI is InChI=1S/C26H31FN6O2.C22H24FN5O.C4H9NO2/c1-16-11-18(12-17(2)33(16)25(34)14-31(3)4)21-13-28-24(32-15-29-30-26(21)32)8-5-19-20-9-10-35-23(20)7-6-22(19)27;1-13-9-15(10-14(2)26-13)18-11-24-21(28-12-25-27-22(18)28)6-3-16-17-7-8-29-20(17)5-4-19(16)23;1-5(2)3-4(6)7/h6-7,11,13,15-17H,5,8-10,12,14H2,1-4H3;4-5,9,11-14,26H,3,6-8,10H2,1-2H3;3H2,1-2H3,(H,6,7). The van der Waals surface area contributed by atoms with Crippen LogP contribution < -0.4 is 14.8 Å². The fraction of sp³-hybridized carbons (Fsp3) is 0.462. The molecular formula is C52H64F2N12O5. The Balaban J connectivity index is 0.000000170. The Bertz CT molecular complexity index is 2970. The van der Waals surface area contributed by atoms with Gasteiger partial charge in [-0.1, -0.05) is 12.2 Å². The Hall–Kier alpha value is -6.70. The molecule has 0 aliphatic carbocycles. The topological polar surface area (TPSA) is 181 Å². The van der Waals surface area contributed by atoms with E-state index >= 15 is 0 Å². The van der Waals surface area contributed by atoms with Crippen molar-refractivity contribution in [1.82, 2.24) is 59.2 Å². The molecule has 0 spiro atoms. The molecule has 17 nitrogen and oxygen atoms in total. The fourth-order valence-electron chi connectivity index (χ4n) is 10.2. The van der Waals surface area contributed by atoms with Crippen molar-refractivity contribution in [3.63, 3.8) is 0 Å². The van der Waals surface area contributed by atoms with Gasteiger partial charge in [0.05, 0.1) is 26.3 Å². The Kier molecular flexibility index (Phi) is 15.8. The summed E-state index contributed by atoms with van der Waals surface area (Å²) in [6.07, 6.45) is 16.8. The van der Waals surface area contributed by atoms with E-state index in [-0.39, 0.29) is 36.2 Å². The first-order chi connectivity index (χ1) is 34.1. The number of aromatic nitrogens is 8. The average Bonchev–Trinajstić information content (AvgIpc) is 4.16. The minimum atomic E-state index is -0.787. The number of hydrogen-bond donors (Lipinski definition) is 2. The van der Waals surface area contributed by atoms with Gasteiger partial charge in [-0.3, -0.25) is 23.3 Å². The van der Waals surface area contributed by atoms with Crippen molar-refractivity contribution in [1.29, 1.82) is 0 Å². The zero-order valence-corrected chi connectivity index (χ0v) is 41.8. The molecule has 4 unspecified atom stereocenters. The van der Waals surface area contributed by atoms with Crippen LogP contribution in [-0.2, 0) is 48.1 Å². The van der Waals surface area contributed by atoms with Crippen molar-refractivity contribution < 1.29 is 33.0 Å². The van der Waals surface area contributed by atoms with Crippen LogP contribution in [-0.4, -0.2) is 150 Å². The highest BCUT2D eigenvalue weighted by atomic mass is 19.1. The molecule has 1 amide bonds. The van der Waals surface area contributed by atoms with E-state index in [4.69, 9.17) is 24.5 Å². The minimum Gasteiger partial charge on any atom is -0.493 e. The normalized spacial score (nSPS) is 19.3. The van der Waals surface area contributed by atoms with Crippen molar-refractivity contribution in [2.24, 2.45) is 0 Å². The van der Waals surface area contributed by atoms with E-state index in [1.807, 2.05) is 52.0 Å². The first-order valence-corrected chi connectivity index (χ1v) is 24.3. The number of likely N-dealkylation sites (N-methyl/N-ethyl adjacent to an activating group) is 2. The van der Waals surface area contributed by atoms with Gasteiger partial charge < -0.3 is 29.7 Å². The van der Waals surface area contributed by atoms with E-state index in [9.17, 15) is 18.4 Å². The number of fused-ring (bicyclic) bond motifs is 4. The monoisotopic (exact) mass is 975 g/mol. The number of hydrogen-bond acceptors (Lipinski definition) is 13. The first-order valence-electron chi connectivity index (χ1n) is 24.3. The highest BCUT2D eigenvalue weighted by Gasteiger charge is 2.31. The molecule has 10 rings (SSSR count). The molecule has 0 saturated heterocycles. The largest absolute Gasteiger partial charge is 0.493 e.